The summed E-state index contributed by atoms with van der Waals surface area (Å²) in [6.45, 7) is 2.51. The third-order valence-corrected chi connectivity index (χ3v) is 2.75. The van der Waals surface area contributed by atoms with Gasteiger partial charge in [-0.1, -0.05) is 0 Å². The molecule has 0 saturated heterocycles. The third-order valence-electron chi connectivity index (χ3n) is 2.75. The number of nitrogens with zero attached hydrogens (tertiary/aromatic N) is 3. The highest BCUT2D eigenvalue weighted by atomic mass is 16.5. The number of anilines is 1. The van der Waals surface area contributed by atoms with Crippen LogP contribution >= 0.6 is 0 Å². The highest BCUT2D eigenvalue weighted by molar-refractivity contribution is 5.80. The summed E-state index contributed by atoms with van der Waals surface area (Å²) in [5.74, 6) is 0.0505. The van der Waals surface area contributed by atoms with E-state index in [4.69, 9.17) is 15.7 Å². The lowest BCUT2D eigenvalue weighted by Gasteiger charge is -2.06. The standard InChI is InChI=1S/C13H14N4O2/c1-2-19-12(18)5-6-17-11-7-9(8-14)3-4-10(11)16-13(17)15/h3-4,7H,2,5-6H2,1H3,(H2,15,16). The van der Waals surface area contributed by atoms with Gasteiger partial charge in [0.1, 0.15) is 0 Å². The summed E-state index contributed by atoms with van der Waals surface area (Å²) in [5, 5.41) is 8.90. The normalized spacial score (nSPS) is 10.3. The molecule has 0 unspecified atom stereocenters. The van der Waals surface area contributed by atoms with E-state index in [-0.39, 0.29) is 12.4 Å². The molecule has 19 heavy (non-hydrogen) atoms. The fourth-order valence-electron chi connectivity index (χ4n) is 1.88. The maximum absolute atomic E-state index is 11.4. The van der Waals surface area contributed by atoms with Gasteiger partial charge in [0.05, 0.1) is 35.7 Å². The summed E-state index contributed by atoms with van der Waals surface area (Å²) < 4.78 is 6.59. The predicted octanol–water partition coefficient (Wildman–Crippen LogP) is 1.44. The molecule has 0 aliphatic carbocycles. The van der Waals surface area contributed by atoms with E-state index in [2.05, 4.69) is 11.1 Å². The number of hydrogen-bond donors (Lipinski definition) is 1. The zero-order chi connectivity index (χ0) is 13.8. The van der Waals surface area contributed by atoms with E-state index in [0.717, 1.165) is 5.52 Å². The Morgan fingerprint density at radius 1 is 1.58 bits per heavy atom. The minimum Gasteiger partial charge on any atom is -0.466 e. The number of nitriles is 1. The number of ether oxygens (including phenoxy) is 1. The van der Waals surface area contributed by atoms with Crippen LogP contribution in [0.1, 0.15) is 18.9 Å². The van der Waals surface area contributed by atoms with E-state index in [9.17, 15) is 4.79 Å². The Bertz CT molecular complexity index is 654. The van der Waals surface area contributed by atoms with Gasteiger partial charge in [0, 0.05) is 6.54 Å². The molecule has 0 saturated carbocycles. The van der Waals surface area contributed by atoms with Crippen LogP contribution in [0.4, 0.5) is 5.95 Å². The average Bonchev–Trinajstić information content (AvgIpc) is 2.71. The van der Waals surface area contributed by atoms with Crippen LogP contribution in [-0.4, -0.2) is 22.1 Å². The number of imidazole rings is 1. The lowest BCUT2D eigenvalue weighted by atomic mass is 10.2. The van der Waals surface area contributed by atoms with Gasteiger partial charge >= 0.3 is 5.97 Å². The Morgan fingerprint density at radius 2 is 2.37 bits per heavy atom. The summed E-state index contributed by atoms with van der Waals surface area (Å²) in [7, 11) is 0. The highest BCUT2D eigenvalue weighted by Gasteiger charge is 2.11. The first-order valence-corrected chi connectivity index (χ1v) is 5.97. The van der Waals surface area contributed by atoms with Gasteiger partial charge in [-0.3, -0.25) is 4.79 Å². The van der Waals surface area contributed by atoms with Crippen LogP contribution in [0.2, 0.25) is 0 Å². The molecule has 1 heterocycles. The van der Waals surface area contributed by atoms with E-state index in [0.29, 0.717) is 30.2 Å². The quantitative estimate of drug-likeness (QED) is 0.837. The molecule has 0 atom stereocenters. The summed E-state index contributed by atoms with van der Waals surface area (Å²) in [5.41, 5.74) is 7.81. The maximum Gasteiger partial charge on any atom is 0.307 e. The fraction of sp³-hybridized carbons (Fsp3) is 0.308. The summed E-state index contributed by atoms with van der Waals surface area (Å²) >= 11 is 0. The molecular weight excluding hydrogens is 244 g/mol. The third kappa shape index (κ3) is 2.65. The van der Waals surface area contributed by atoms with Crippen LogP contribution in [0.3, 0.4) is 0 Å². The van der Waals surface area contributed by atoms with Gasteiger partial charge in [-0.05, 0) is 25.1 Å². The molecule has 2 N–H and O–H groups in total. The van der Waals surface area contributed by atoms with Gasteiger partial charge in [-0.2, -0.15) is 5.26 Å². The second-order valence-corrected chi connectivity index (χ2v) is 3.99. The van der Waals surface area contributed by atoms with Crippen molar-refractivity contribution >= 4 is 23.0 Å². The average molecular weight is 258 g/mol. The number of nitrogens with two attached hydrogens (primary N) is 1. The molecule has 2 aromatic rings. The Hall–Kier alpha value is -2.55. The summed E-state index contributed by atoms with van der Waals surface area (Å²) in [6, 6.07) is 7.21. The molecule has 0 amide bonds. The summed E-state index contributed by atoms with van der Waals surface area (Å²) in [4.78, 5) is 15.6. The number of carbonyl (C=O) groups excluding carboxylic acids is 1. The smallest absolute Gasteiger partial charge is 0.307 e. The fourth-order valence-corrected chi connectivity index (χ4v) is 1.88. The molecule has 0 fully saturated rings. The molecule has 0 aliphatic rings. The van der Waals surface area contributed by atoms with Gasteiger partial charge < -0.3 is 15.0 Å². The van der Waals surface area contributed by atoms with Crippen molar-refractivity contribution in [3.8, 4) is 6.07 Å². The number of nitrogen functional groups attached to an aromatic ring is 1. The van der Waals surface area contributed by atoms with Gasteiger partial charge in [0.2, 0.25) is 5.95 Å². The first kappa shape index (κ1) is 12.9. The van der Waals surface area contributed by atoms with E-state index in [1.54, 1.807) is 29.7 Å². The van der Waals surface area contributed by atoms with Crippen molar-refractivity contribution in [3.63, 3.8) is 0 Å². The zero-order valence-electron chi connectivity index (χ0n) is 10.6. The Labute approximate surface area is 110 Å². The molecule has 0 aliphatic heterocycles. The van der Waals surface area contributed by atoms with E-state index < -0.39 is 0 Å². The molecule has 0 radical (unpaired) electrons. The second kappa shape index (κ2) is 5.40. The lowest BCUT2D eigenvalue weighted by molar-refractivity contribution is -0.143. The number of esters is 1. The molecule has 0 spiro atoms. The van der Waals surface area contributed by atoms with Crippen molar-refractivity contribution in [2.24, 2.45) is 0 Å². The molecule has 2 rings (SSSR count). The number of carbonyl (C=O) groups is 1. The van der Waals surface area contributed by atoms with Crippen LogP contribution in [-0.2, 0) is 16.1 Å². The molecule has 1 aromatic carbocycles. The summed E-state index contributed by atoms with van der Waals surface area (Å²) in [6.07, 6.45) is 0.223. The first-order valence-electron chi connectivity index (χ1n) is 5.97. The van der Waals surface area contributed by atoms with Gasteiger partial charge in [0.15, 0.2) is 0 Å². The number of fused-ring (bicyclic) bond motifs is 1. The maximum atomic E-state index is 11.4. The second-order valence-electron chi connectivity index (χ2n) is 3.99. The van der Waals surface area contributed by atoms with Crippen LogP contribution in [0.25, 0.3) is 11.0 Å². The van der Waals surface area contributed by atoms with Crippen LogP contribution in [0.5, 0.6) is 0 Å². The molecule has 6 heteroatoms. The number of aryl methyl sites for hydroxylation is 1. The van der Waals surface area contributed by atoms with Crippen molar-refractivity contribution in [1.82, 2.24) is 9.55 Å². The first-order chi connectivity index (χ1) is 9.15. The van der Waals surface area contributed by atoms with Crippen molar-refractivity contribution in [1.29, 1.82) is 5.26 Å². The Kier molecular flexibility index (Phi) is 3.66. The zero-order valence-corrected chi connectivity index (χ0v) is 10.6. The molecule has 6 nitrogen and oxygen atoms in total. The van der Waals surface area contributed by atoms with Crippen molar-refractivity contribution in [2.45, 2.75) is 19.9 Å². The van der Waals surface area contributed by atoms with E-state index in [1.165, 1.54) is 0 Å². The predicted molar refractivity (Wildman–Crippen MR) is 70.1 cm³/mol. The van der Waals surface area contributed by atoms with E-state index >= 15 is 0 Å². The molecule has 1 aromatic heterocycles. The molecule has 98 valence electrons. The minimum absolute atomic E-state index is 0.223. The van der Waals surface area contributed by atoms with E-state index in [1.807, 2.05) is 0 Å². The number of rotatable bonds is 4. The monoisotopic (exact) mass is 258 g/mol. The lowest BCUT2D eigenvalue weighted by Crippen LogP contribution is -2.10. The number of aromatic nitrogens is 2. The van der Waals surface area contributed by atoms with Crippen molar-refractivity contribution < 1.29 is 9.53 Å². The van der Waals surface area contributed by atoms with Gasteiger partial charge in [-0.25, -0.2) is 4.98 Å². The van der Waals surface area contributed by atoms with Crippen molar-refractivity contribution in [3.05, 3.63) is 23.8 Å². The molecule has 0 bridgehead atoms. The number of benzene rings is 1. The SMILES string of the molecule is CCOC(=O)CCn1c(N)nc2ccc(C#N)cc21. The highest BCUT2D eigenvalue weighted by Crippen LogP contribution is 2.19. The number of hydrogen-bond acceptors (Lipinski definition) is 5. The minimum atomic E-state index is -0.278. The Balaban J connectivity index is 2.29. The Morgan fingerprint density at radius 3 is 3.05 bits per heavy atom. The van der Waals surface area contributed by atoms with Crippen molar-refractivity contribution in [2.75, 3.05) is 12.3 Å². The van der Waals surface area contributed by atoms with Gasteiger partial charge in [-0.15, -0.1) is 0 Å². The molecular formula is C13H14N4O2. The van der Waals surface area contributed by atoms with Crippen LogP contribution < -0.4 is 5.73 Å². The van der Waals surface area contributed by atoms with Gasteiger partial charge in [0.25, 0.3) is 0 Å². The van der Waals surface area contributed by atoms with Crippen LogP contribution in [0.15, 0.2) is 18.2 Å². The van der Waals surface area contributed by atoms with Crippen LogP contribution in [0, 0.1) is 11.3 Å². The topological polar surface area (TPSA) is 93.9 Å². The largest absolute Gasteiger partial charge is 0.466 e.